The highest BCUT2D eigenvalue weighted by Gasteiger charge is 2.19. The van der Waals surface area contributed by atoms with Crippen molar-refractivity contribution in [2.75, 3.05) is 25.5 Å². The highest BCUT2D eigenvalue weighted by atomic mass is 16.5. The predicted octanol–water partition coefficient (Wildman–Crippen LogP) is 3.50. The number of anilines is 1. The Labute approximate surface area is 154 Å². The second-order valence-corrected chi connectivity index (χ2v) is 6.48. The lowest BCUT2D eigenvalue weighted by Crippen LogP contribution is -2.27. The van der Waals surface area contributed by atoms with Crippen LogP contribution in [0.4, 0.5) is 5.69 Å². The van der Waals surface area contributed by atoms with Gasteiger partial charge in [0.1, 0.15) is 5.75 Å². The number of nitrogens with one attached hydrogen (secondary N) is 1. The van der Waals surface area contributed by atoms with Crippen LogP contribution in [0.1, 0.15) is 35.2 Å². The summed E-state index contributed by atoms with van der Waals surface area (Å²) < 4.78 is 5.13. The van der Waals surface area contributed by atoms with E-state index in [2.05, 4.69) is 5.32 Å². The number of likely N-dealkylation sites (tertiary alicyclic amines) is 1. The Kier molecular flexibility index (Phi) is 5.89. The molecule has 0 atom stereocenters. The Bertz CT molecular complexity index is 765. The summed E-state index contributed by atoms with van der Waals surface area (Å²) in [4.78, 5) is 26.5. The molecule has 0 aromatic heterocycles. The topological polar surface area (TPSA) is 58.6 Å². The number of carbonyl (C=O) groups excluding carboxylic acids is 2. The standard InChI is InChI=1S/C21H24N2O3/c1-26-19-10-7-16(8-11-19)9-12-20(24)22-18-6-4-5-17(15-18)21(25)23-13-2-3-14-23/h4-8,10-11,15H,2-3,9,12-14H2,1H3,(H,22,24). The van der Waals surface area contributed by atoms with Gasteiger partial charge in [0, 0.05) is 30.8 Å². The Morgan fingerprint density at radius 3 is 2.50 bits per heavy atom. The van der Waals surface area contributed by atoms with Gasteiger partial charge < -0.3 is 15.0 Å². The molecule has 0 bridgehead atoms. The number of hydrogen-bond acceptors (Lipinski definition) is 3. The molecule has 1 aliphatic heterocycles. The van der Waals surface area contributed by atoms with Crippen LogP contribution in [-0.4, -0.2) is 36.9 Å². The normalized spacial score (nSPS) is 13.5. The third-order valence-corrected chi connectivity index (χ3v) is 4.59. The number of aryl methyl sites for hydroxylation is 1. The van der Waals surface area contributed by atoms with Gasteiger partial charge in [0.25, 0.3) is 5.91 Å². The van der Waals surface area contributed by atoms with Crippen LogP contribution in [0.3, 0.4) is 0 Å². The summed E-state index contributed by atoms with van der Waals surface area (Å²) in [5.41, 5.74) is 2.37. The molecule has 5 nitrogen and oxygen atoms in total. The molecule has 2 amide bonds. The first-order chi connectivity index (χ1) is 12.7. The van der Waals surface area contributed by atoms with Crippen LogP contribution >= 0.6 is 0 Å². The first-order valence-electron chi connectivity index (χ1n) is 8.98. The second-order valence-electron chi connectivity index (χ2n) is 6.48. The van der Waals surface area contributed by atoms with Crippen LogP contribution in [0.5, 0.6) is 5.75 Å². The summed E-state index contributed by atoms with van der Waals surface area (Å²) in [6.45, 7) is 1.63. The van der Waals surface area contributed by atoms with E-state index in [1.165, 1.54) is 0 Å². The Hall–Kier alpha value is -2.82. The van der Waals surface area contributed by atoms with Crippen LogP contribution in [-0.2, 0) is 11.2 Å². The lowest BCUT2D eigenvalue weighted by molar-refractivity contribution is -0.116. The number of carbonyl (C=O) groups is 2. The lowest BCUT2D eigenvalue weighted by atomic mass is 10.1. The fourth-order valence-electron chi connectivity index (χ4n) is 3.11. The van der Waals surface area contributed by atoms with Crippen LogP contribution in [0.25, 0.3) is 0 Å². The van der Waals surface area contributed by atoms with Crippen LogP contribution in [0, 0.1) is 0 Å². The first-order valence-corrected chi connectivity index (χ1v) is 8.98. The van der Waals surface area contributed by atoms with E-state index < -0.39 is 0 Å². The average molecular weight is 352 g/mol. The van der Waals surface area contributed by atoms with E-state index in [1.54, 1.807) is 19.2 Å². The number of benzene rings is 2. The number of amides is 2. The molecule has 0 saturated carbocycles. The molecule has 1 saturated heterocycles. The van der Waals surface area contributed by atoms with Crippen molar-refractivity contribution >= 4 is 17.5 Å². The molecule has 0 spiro atoms. The maximum absolute atomic E-state index is 12.5. The fraction of sp³-hybridized carbons (Fsp3) is 0.333. The molecule has 0 radical (unpaired) electrons. The quantitative estimate of drug-likeness (QED) is 0.866. The SMILES string of the molecule is COc1ccc(CCC(=O)Nc2cccc(C(=O)N3CCCC3)c2)cc1. The van der Waals surface area contributed by atoms with Crippen molar-refractivity contribution < 1.29 is 14.3 Å². The van der Waals surface area contributed by atoms with Gasteiger partial charge >= 0.3 is 0 Å². The smallest absolute Gasteiger partial charge is 0.253 e. The summed E-state index contributed by atoms with van der Waals surface area (Å²) in [6, 6.07) is 14.9. The van der Waals surface area contributed by atoms with Crippen molar-refractivity contribution in [1.82, 2.24) is 4.90 Å². The first kappa shape index (κ1) is 18.0. The molecule has 2 aromatic rings. The number of methoxy groups -OCH3 is 1. The largest absolute Gasteiger partial charge is 0.497 e. The van der Waals surface area contributed by atoms with Crippen molar-refractivity contribution in [3.63, 3.8) is 0 Å². The van der Waals surface area contributed by atoms with E-state index in [1.807, 2.05) is 41.3 Å². The molecular weight excluding hydrogens is 328 g/mol. The summed E-state index contributed by atoms with van der Waals surface area (Å²) in [6.07, 6.45) is 3.17. The van der Waals surface area contributed by atoms with Crippen molar-refractivity contribution in [1.29, 1.82) is 0 Å². The van der Waals surface area contributed by atoms with Crippen molar-refractivity contribution in [3.05, 3.63) is 59.7 Å². The third-order valence-electron chi connectivity index (χ3n) is 4.59. The molecule has 0 aliphatic carbocycles. The van der Waals surface area contributed by atoms with E-state index in [0.29, 0.717) is 24.1 Å². The van der Waals surface area contributed by atoms with Gasteiger partial charge in [-0.1, -0.05) is 18.2 Å². The second kappa shape index (κ2) is 8.52. The third kappa shape index (κ3) is 4.63. The van der Waals surface area contributed by atoms with Gasteiger partial charge in [0.05, 0.1) is 7.11 Å². The number of rotatable bonds is 6. The predicted molar refractivity (Wildman–Crippen MR) is 102 cm³/mol. The summed E-state index contributed by atoms with van der Waals surface area (Å²) in [7, 11) is 1.63. The number of nitrogens with zero attached hydrogens (tertiary/aromatic N) is 1. The Morgan fingerprint density at radius 2 is 1.81 bits per heavy atom. The van der Waals surface area contributed by atoms with E-state index in [0.717, 1.165) is 37.2 Å². The average Bonchev–Trinajstić information content (AvgIpc) is 3.21. The minimum Gasteiger partial charge on any atom is -0.497 e. The monoisotopic (exact) mass is 352 g/mol. The minimum atomic E-state index is -0.0633. The van der Waals surface area contributed by atoms with E-state index in [4.69, 9.17) is 4.74 Å². The summed E-state index contributed by atoms with van der Waals surface area (Å²) in [5, 5.41) is 2.89. The Balaban J connectivity index is 1.55. The molecule has 1 N–H and O–H groups in total. The molecular formula is C21H24N2O3. The lowest BCUT2D eigenvalue weighted by Gasteiger charge is -2.15. The molecule has 1 aliphatic rings. The van der Waals surface area contributed by atoms with Gasteiger partial charge in [-0.05, 0) is 55.2 Å². The molecule has 26 heavy (non-hydrogen) atoms. The Morgan fingerprint density at radius 1 is 1.08 bits per heavy atom. The van der Waals surface area contributed by atoms with Crippen molar-refractivity contribution in [2.24, 2.45) is 0 Å². The highest BCUT2D eigenvalue weighted by molar-refractivity contribution is 5.97. The van der Waals surface area contributed by atoms with Crippen molar-refractivity contribution in [3.8, 4) is 5.75 Å². The summed E-state index contributed by atoms with van der Waals surface area (Å²) >= 11 is 0. The van der Waals surface area contributed by atoms with Gasteiger partial charge in [-0.25, -0.2) is 0 Å². The zero-order chi connectivity index (χ0) is 18.4. The van der Waals surface area contributed by atoms with E-state index in [9.17, 15) is 9.59 Å². The molecule has 2 aromatic carbocycles. The number of ether oxygens (including phenoxy) is 1. The number of hydrogen-bond donors (Lipinski definition) is 1. The van der Waals surface area contributed by atoms with Gasteiger partial charge in [-0.3, -0.25) is 9.59 Å². The molecule has 5 heteroatoms. The minimum absolute atomic E-state index is 0.0387. The molecule has 1 fully saturated rings. The van der Waals surface area contributed by atoms with Gasteiger partial charge in [-0.15, -0.1) is 0 Å². The van der Waals surface area contributed by atoms with Gasteiger partial charge in [0.15, 0.2) is 0 Å². The van der Waals surface area contributed by atoms with Gasteiger partial charge in [0.2, 0.25) is 5.91 Å². The molecule has 0 unspecified atom stereocenters. The zero-order valence-corrected chi connectivity index (χ0v) is 15.0. The van der Waals surface area contributed by atoms with Gasteiger partial charge in [-0.2, -0.15) is 0 Å². The molecule has 136 valence electrons. The highest BCUT2D eigenvalue weighted by Crippen LogP contribution is 2.17. The molecule has 1 heterocycles. The molecule has 3 rings (SSSR count). The maximum Gasteiger partial charge on any atom is 0.253 e. The maximum atomic E-state index is 12.5. The fourth-order valence-corrected chi connectivity index (χ4v) is 3.11. The zero-order valence-electron chi connectivity index (χ0n) is 15.0. The van der Waals surface area contributed by atoms with Crippen molar-refractivity contribution in [2.45, 2.75) is 25.7 Å². The van der Waals surface area contributed by atoms with Crippen LogP contribution in [0.15, 0.2) is 48.5 Å². The summed E-state index contributed by atoms with van der Waals surface area (Å²) in [5.74, 6) is 0.779. The van der Waals surface area contributed by atoms with E-state index in [-0.39, 0.29) is 11.8 Å². The van der Waals surface area contributed by atoms with E-state index >= 15 is 0 Å². The van der Waals surface area contributed by atoms with Crippen LogP contribution in [0.2, 0.25) is 0 Å². The van der Waals surface area contributed by atoms with Crippen LogP contribution < -0.4 is 10.1 Å².